The van der Waals surface area contributed by atoms with E-state index in [0.29, 0.717) is 0 Å². The van der Waals surface area contributed by atoms with Crippen LogP contribution in [0.1, 0.15) is 15.9 Å². The number of carbonyl (C=O) groups excluding carboxylic acids is 1. The molecular weight excluding hydrogens is 227 g/mol. The molecule has 0 unspecified atom stereocenters. The second-order valence-electron chi connectivity index (χ2n) is 3.61. The van der Waals surface area contributed by atoms with Gasteiger partial charge in [0.05, 0.1) is 17.1 Å². The first kappa shape index (κ1) is 12.6. The summed E-state index contributed by atoms with van der Waals surface area (Å²) >= 11 is 4.69. The zero-order valence-corrected chi connectivity index (χ0v) is 9.97. The molecule has 1 aromatic rings. The van der Waals surface area contributed by atoms with E-state index >= 15 is 0 Å². The van der Waals surface area contributed by atoms with Crippen LogP contribution in [0.5, 0.6) is 0 Å². The van der Waals surface area contributed by atoms with Crippen molar-refractivity contribution >= 4 is 23.1 Å². The summed E-state index contributed by atoms with van der Waals surface area (Å²) in [5.41, 5.74) is 6.19. The topological polar surface area (TPSA) is 46.3 Å². The van der Waals surface area contributed by atoms with Crippen molar-refractivity contribution in [2.24, 2.45) is 5.73 Å². The van der Waals surface area contributed by atoms with Gasteiger partial charge in [-0.05, 0) is 19.1 Å². The van der Waals surface area contributed by atoms with Crippen molar-refractivity contribution in [3.8, 4) is 0 Å². The number of amides is 1. The number of nitrogens with two attached hydrogens (primary N) is 1. The van der Waals surface area contributed by atoms with E-state index in [0.717, 1.165) is 5.56 Å². The highest BCUT2D eigenvalue weighted by Gasteiger charge is 2.16. The summed E-state index contributed by atoms with van der Waals surface area (Å²) in [7, 11) is 1.53. The Balaban J connectivity index is 2.95. The first-order valence-corrected chi connectivity index (χ1v) is 5.12. The largest absolute Gasteiger partial charge is 0.392 e. The van der Waals surface area contributed by atoms with Crippen LogP contribution in [0.25, 0.3) is 0 Å². The third kappa shape index (κ3) is 3.00. The van der Waals surface area contributed by atoms with Crippen molar-refractivity contribution in [3.05, 3.63) is 35.1 Å². The molecule has 0 bridgehead atoms. The molecule has 0 spiro atoms. The quantitative estimate of drug-likeness (QED) is 0.814. The molecule has 0 saturated heterocycles. The first-order chi connectivity index (χ1) is 7.41. The molecular formula is C11H13FN2OS. The molecule has 86 valence electrons. The van der Waals surface area contributed by atoms with Crippen LogP contribution >= 0.6 is 12.2 Å². The zero-order valence-electron chi connectivity index (χ0n) is 9.16. The molecule has 2 N–H and O–H groups in total. The Morgan fingerprint density at radius 2 is 2.19 bits per heavy atom. The Kier molecular flexibility index (Phi) is 3.95. The standard InChI is InChI=1S/C11H13FN2OS/c1-7-3-4-9(12)8(5-7)11(15)14(2)6-10(13)16/h3-5H,6H2,1-2H3,(H2,13,16). The van der Waals surface area contributed by atoms with E-state index in [-0.39, 0.29) is 17.1 Å². The molecule has 0 aromatic heterocycles. The fourth-order valence-electron chi connectivity index (χ4n) is 1.31. The molecule has 0 aliphatic heterocycles. The lowest BCUT2D eigenvalue weighted by molar-refractivity contribution is 0.0810. The van der Waals surface area contributed by atoms with Crippen LogP contribution in [-0.4, -0.2) is 29.4 Å². The second kappa shape index (κ2) is 5.03. The monoisotopic (exact) mass is 240 g/mol. The number of benzene rings is 1. The van der Waals surface area contributed by atoms with Crippen molar-refractivity contribution in [1.82, 2.24) is 4.90 Å². The molecule has 0 aliphatic carbocycles. The van der Waals surface area contributed by atoms with E-state index < -0.39 is 11.7 Å². The van der Waals surface area contributed by atoms with E-state index in [2.05, 4.69) is 12.2 Å². The number of rotatable bonds is 3. The van der Waals surface area contributed by atoms with Gasteiger partial charge in [0, 0.05) is 7.05 Å². The lowest BCUT2D eigenvalue weighted by Crippen LogP contribution is -2.34. The Morgan fingerprint density at radius 3 is 2.75 bits per heavy atom. The number of hydrogen-bond donors (Lipinski definition) is 1. The number of aryl methyl sites for hydroxylation is 1. The van der Waals surface area contributed by atoms with E-state index in [1.54, 1.807) is 13.0 Å². The summed E-state index contributed by atoms with van der Waals surface area (Å²) in [6.45, 7) is 1.94. The van der Waals surface area contributed by atoms with E-state index in [1.165, 1.54) is 24.1 Å². The van der Waals surface area contributed by atoms with Gasteiger partial charge >= 0.3 is 0 Å². The minimum Gasteiger partial charge on any atom is -0.392 e. The summed E-state index contributed by atoms with van der Waals surface area (Å²) < 4.78 is 13.4. The molecule has 1 rings (SSSR count). The summed E-state index contributed by atoms with van der Waals surface area (Å²) in [6, 6.07) is 4.39. The molecule has 3 nitrogen and oxygen atoms in total. The maximum absolute atomic E-state index is 13.4. The molecule has 0 saturated carbocycles. The van der Waals surface area contributed by atoms with Gasteiger partial charge in [-0.15, -0.1) is 0 Å². The van der Waals surface area contributed by atoms with E-state index in [9.17, 15) is 9.18 Å². The number of likely N-dealkylation sites (N-methyl/N-ethyl adjacent to an activating group) is 1. The third-order valence-electron chi connectivity index (χ3n) is 2.09. The molecule has 0 fully saturated rings. The van der Waals surface area contributed by atoms with Gasteiger partial charge in [-0.25, -0.2) is 4.39 Å². The second-order valence-corrected chi connectivity index (χ2v) is 4.14. The van der Waals surface area contributed by atoms with Crippen LogP contribution in [0.4, 0.5) is 4.39 Å². The summed E-state index contributed by atoms with van der Waals surface area (Å²) in [6.07, 6.45) is 0. The number of nitrogens with zero attached hydrogens (tertiary/aromatic N) is 1. The van der Waals surface area contributed by atoms with Gasteiger partial charge in [-0.2, -0.15) is 0 Å². The van der Waals surface area contributed by atoms with Crippen molar-refractivity contribution in [2.75, 3.05) is 13.6 Å². The highest BCUT2D eigenvalue weighted by Crippen LogP contribution is 2.12. The number of halogens is 1. The van der Waals surface area contributed by atoms with Gasteiger partial charge < -0.3 is 10.6 Å². The first-order valence-electron chi connectivity index (χ1n) is 4.71. The lowest BCUT2D eigenvalue weighted by Gasteiger charge is -2.16. The van der Waals surface area contributed by atoms with E-state index in [1.807, 2.05) is 0 Å². The summed E-state index contributed by atoms with van der Waals surface area (Å²) in [5.74, 6) is -0.959. The highest BCUT2D eigenvalue weighted by atomic mass is 32.1. The lowest BCUT2D eigenvalue weighted by atomic mass is 10.1. The predicted molar refractivity (Wildman–Crippen MR) is 64.9 cm³/mol. The minimum atomic E-state index is -0.537. The van der Waals surface area contributed by atoms with Crippen LogP contribution in [0.2, 0.25) is 0 Å². The molecule has 1 amide bonds. The predicted octanol–water partition coefficient (Wildman–Crippen LogP) is 1.49. The molecule has 0 heterocycles. The van der Waals surface area contributed by atoms with Crippen LogP contribution in [0, 0.1) is 12.7 Å². The van der Waals surface area contributed by atoms with Gasteiger partial charge in [-0.1, -0.05) is 23.8 Å². The Bertz CT molecular complexity index is 434. The van der Waals surface area contributed by atoms with Gasteiger partial charge in [0.15, 0.2) is 0 Å². The average Bonchev–Trinajstić information content (AvgIpc) is 2.19. The summed E-state index contributed by atoms with van der Waals surface area (Å²) in [5, 5.41) is 0. The molecule has 0 aliphatic rings. The normalized spacial score (nSPS) is 9.94. The smallest absolute Gasteiger partial charge is 0.256 e. The molecule has 5 heteroatoms. The van der Waals surface area contributed by atoms with Crippen molar-refractivity contribution in [3.63, 3.8) is 0 Å². The van der Waals surface area contributed by atoms with Crippen molar-refractivity contribution < 1.29 is 9.18 Å². The Labute approximate surface area is 99.0 Å². The van der Waals surface area contributed by atoms with Gasteiger partial charge in [0.25, 0.3) is 5.91 Å². The van der Waals surface area contributed by atoms with Crippen LogP contribution in [-0.2, 0) is 0 Å². The van der Waals surface area contributed by atoms with Crippen LogP contribution in [0.15, 0.2) is 18.2 Å². The molecule has 0 atom stereocenters. The van der Waals surface area contributed by atoms with Gasteiger partial charge in [0.1, 0.15) is 5.82 Å². The zero-order chi connectivity index (χ0) is 12.3. The Morgan fingerprint density at radius 1 is 1.56 bits per heavy atom. The SMILES string of the molecule is Cc1ccc(F)c(C(=O)N(C)CC(N)=S)c1. The van der Waals surface area contributed by atoms with Gasteiger partial charge in [-0.3, -0.25) is 4.79 Å². The molecule has 1 aromatic carbocycles. The van der Waals surface area contributed by atoms with Crippen LogP contribution in [0.3, 0.4) is 0 Å². The maximum Gasteiger partial charge on any atom is 0.256 e. The van der Waals surface area contributed by atoms with Crippen molar-refractivity contribution in [1.29, 1.82) is 0 Å². The van der Waals surface area contributed by atoms with Crippen molar-refractivity contribution in [2.45, 2.75) is 6.92 Å². The molecule has 0 radical (unpaired) electrons. The highest BCUT2D eigenvalue weighted by molar-refractivity contribution is 7.80. The minimum absolute atomic E-state index is 0.0405. The Hall–Kier alpha value is -1.49. The number of hydrogen-bond acceptors (Lipinski definition) is 2. The van der Waals surface area contributed by atoms with Crippen LogP contribution < -0.4 is 5.73 Å². The number of carbonyl (C=O) groups is 1. The fourth-order valence-corrected chi connectivity index (χ4v) is 1.51. The third-order valence-corrected chi connectivity index (χ3v) is 2.22. The average molecular weight is 240 g/mol. The van der Waals surface area contributed by atoms with E-state index in [4.69, 9.17) is 5.73 Å². The number of thiocarbonyl (C=S) groups is 1. The molecule has 16 heavy (non-hydrogen) atoms. The maximum atomic E-state index is 13.4. The fraction of sp³-hybridized carbons (Fsp3) is 0.273. The van der Waals surface area contributed by atoms with Gasteiger partial charge in [0.2, 0.25) is 0 Å². The summed E-state index contributed by atoms with van der Waals surface area (Å²) in [4.78, 5) is 13.3.